The molecule has 0 aromatic heterocycles. The second-order valence-electron chi connectivity index (χ2n) is 5.64. The minimum absolute atomic E-state index is 0.105. The maximum atomic E-state index is 11.5. The average Bonchev–Trinajstić information content (AvgIpc) is 1.94. The molecule has 6 nitrogen and oxygen atoms in total. The smallest absolute Gasteiger partial charge is 0.410 e. The van der Waals surface area contributed by atoms with Crippen molar-refractivity contribution in [3.63, 3.8) is 0 Å². The molecule has 1 rings (SSSR count). The zero-order valence-electron chi connectivity index (χ0n) is 10.1. The molecule has 1 heterocycles. The van der Waals surface area contributed by atoms with E-state index < -0.39 is 17.1 Å². The van der Waals surface area contributed by atoms with Crippen LogP contribution in [0.2, 0.25) is 0 Å². The van der Waals surface area contributed by atoms with Crippen LogP contribution in [0.1, 0.15) is 27.7 Å². The van der Waals surface area contributed by atoms with Crippen molar-refractivity contribution in [3.8, 4) is 0 Å². The van der Waals surface area contributed by atoms with Gasteiger partial charge in [0.1, 0.15) is 5.60 Å². The van der Waals surface area contributed by atoms with Gasteiger partial charge in [-0.2, -0.15) is 0 Å². The number of ether oxygens (including phenoxy) is 1. The molecule has 0 aromatic carbocycles. The summed E-state index contributed by atoms with van der Waals surface area (Å²) in [5, 5.41) is 10.4. The monoisotopic (exact) mass is 230 g/mol. The lowest BCUT2D eigenvalue weighted by atomic mass is 9.82. The van der Waals surface area contributed by atoms with E-state index in [1.54, 1.807) is 27.7 Å². The van der Waals surface area contributed by atoms with Crippen molar-refractivity contribution in [1.29, 1.82) is 0 Å². The Bertz CT molecular complexity index is 302. The van der Waals surface area contributed by atoms with E-state index in [1.165, 1.54) is 4.90 Å². The Hall–Kier alpha value is -1.33. The quantitative estimate of drug-likeness (QED) is 0.532. The lowest BCUT2D eigenvalue weighted by Crippen LogP contribution is -2.60. The SMILES string of the molecule is CC1(C[N+](=O)[O-])CN(C(=O)OC(C)(C)C)C1. The fourth-order valence-electron chi connectivity index (χ4n) is 1.74. The summed E-state index contributed by atoms with van der Waals surface area (Å²) in [6, 6.07) is 0. The summed E-state index contributed by atoms with van der Waals surface area (Å²) in [6.45, 7) is 7.86. The summed E-state index contributed by atoms with van der Waals surface area (Å²) < 4.78 is 5.16. The Morgan fingerprint density at radius 2 is 2.00 bits per heavy atom. The van der Waals surface area contributed by atoms with Crippen molar-refractivity contribution in [2.24, 2.45) is 5.41 Å². The molecule has 16 heavy (non-hydrogen) atoms. The molecule has 1 amide bonds. The fraction of sp³-hybridized carbons (Fsp3) is 0.900. The third kappa shape index (κ3) is 3.36. The van der Waals surface area contributed by atoms with Crippen LogP contribution in [-0.4, -0.2) is 41.2 Å². The van der Waals surface area contributed by atoms with E-state index in [0.717, 1.165) is 0 Å². The molecule has 0 unspecified atom stereocenters. The molecule has 0 spiro atoms. The fourth-order valence-corrected chi connectivity index (χ4v) is 1.74. The van der Waals surface area contributed by atoms with Gasteiger partial charge in [-0.15, -0.1) is 0 Å². The van der Waals surface area contributed by atoms with Gasteiger partial charge in [-0.25, -0.2) is 4.79 Å². The Morgan fingerprint density at radius 1 is 1.50 bits per heavy atom. The van der Waals surface area contributed by atoms with Crippen LogP contribution in [0.5, 0.6) is 0 Å². The highest BCUT2D eigenvalue weighted by atomic mass is 16.6. The predicted molar refractivity (Wildman–Crippen MR) is 57.8 cm³/mol. The number of carbonyl (C=O) groups is 1. The molecule has 0 atom stereocenters. The Morgan fingerprint density at radius 3 is 2.38 bits per heavy atom. The van der Waals surface area contributed by atoms with Crippen molar-refractivity contribution in [2.75, 3.05) is 19.6 Å². The standard InChI is InChI=1S/C10H18N2O4/c1-9(2,3)16-8(13)11-5-10(4,6-11)7-12(14)15/h5-7H2,1-4H3. The number of carbonyl (C=O) groups excluding carboxylic acids is 1. The van der Waals surface area contributed by atoms with Gasteiger partial charge in [0.05, 0.1) is 5.41 Å². The molecule has 0 aliphatic carbocycles. The number of likely N-dealkylation sites (tertiary alicyclic amines) is 1. The summed E-state index contributed by atoms with van der Waals surface area (Å²) >= 11 is 0. The van der Waals surface area contributed by atoms with E-state index in [2.05, 4.69) is 0 Å². The van der Waals surface area contributed by atoms with Crippen LogP contribution in [0.25, 0.3) is 0 Å². The van der Waals surface area contributed by atoms with Gasteiger partial charge in [-0.3, -0.25) is 10.1 Å². The zero-order chi connectivity index (χ0) is 12.6. The Balaban J connectivity index is 2.41. The second kappa shape index (κ2) is 3.92. The van der Waals surface area contributed by atoms with Crippen molar-refractivity contribution in [2.45, 2.75) is 33.3 Å². The van der Waals surface area contributed by atoms with Crippen molar-refractivity contribution < 1.29 is 14.5 Å². The first-order chi connectivity index (χ1) is 7.11. The van der Waals surface area contributed by atoms with Gasteiger partial charge in [0.25, 0.3) is 0 Å². The molecular weight excluding hydrogens is 212 g/mol. The minimum atomic E-state index is -0.522. The number of hydrogen-bond donors (Lipinski definition) is 0. The first kappa shape index (κ1) is 12.7. The molecule has 92 valence electrons. The van der Waals surface area contributed by atoms with E-state index in [0.29, 0.717) is 13.1 Å². The van der Waals surface area contributed by atoms with Crippen molar-refractivity contribution in [1.82, 2.24) is 4.90 Å². The second-order valence-corrected chi connectivity index (χ2v) is 5.64. The molecular formula is C10H18N2O4. The van der Waals surface area contributed by atoms with Crippen LogP contribution < -0.4 is 0 Å². The van der Waals surface area contributed by atoms with Gasteiger partial charge >= 0.3 is 6.09 Å². The number of nitro groups is 1. The van der Waals surface area contributed by atoms with Crippen LogP contribution in [-0.2, 0) is 4.74 Å². The highest BCUT2D eigenvalue weighted by Crippen LogP contribution is 2.31. The normalized spacial score (nSPS) is 18.9. The molecule has 6 heteroatoms. The van der Waals surface area contributed by atoms with Crippen molar-refractivity contribution >= 4 is 6.09 Å². The summed E-state index contributed by atoms with van der Waals surface area (Å²) in [6.07, 6.45) is -0.395. The maximum Gasteiger partial charge on any atom is 0.410 e. The highest BCUT2D eigenvalue weighted by Gasteiger charge is 2.46. The number of nitrogens with zero attached hydrogens (tertiary/aromatic N) is 2. The molecule has 1 saturated heterocycles. The Kier molecular flexibility index (Phi) is 3.12. The number of amides is 1. The van der Waals surface area contributed by atoms with Crippen molar-refractivity contribution in [3.05, 3.63) is 10.1 Å². The third-order valence-corrected chi connectivity index (χ3v) is 2.31. The molecule has 0 bridgehead atoms. The predicted octanol–water partition coefficient (Wildman–Crippen LogP) is 1.52. The van der Waals surface area contributed by atoms with Gasteiger partial charge in [0.15, 0.2) is 0 Å². The van der Waals surface area contributed by atoms with Gasteiger partial charge in [0.2, 0.25) is 6.54 Å². The van der Waals surface area contributed by atoms with Crippen LogP contribution in [0.15, 0.2) is 0 Å². The van der Waals surface area contributed by atoms with Gasteiger partial charge < -0.3 is 9.64 Å². The summed E-state index contributed by atoms with van der Waals surface area (Å²) in [5.41, 5.74) is -0.924. The van der Waals surface area contributed by atoms with Crippen LogP contribution in [0, 0.1) is 15.5 Å². The van der Waals surface area contributed by atoms with E-state index in [1.807, 2.05) is 0 Å². The van der Waals surface area contributed by atoms with Gasteiger partial charge in [-0.05, 0) is 27.7 Å². The highest BCUT2D eigenvalue weighted by molar-refractivity contribution is 5.69. The van der Waals surface area contributed by atoms with Gasteiger partial charge in [0, 0.05) is 18.0 Å². The first-order valence-electron chi connectivity index (χ1n) is 5.21. The lowest BCUT2D eigenvalue weighted by molar-refractivity contribution is -0.501. The summed E-state index contributed by atoms with van der Waals surface area (Å²) in [4.78, 5) is 23.1. The summed E-state index contributed by atoms with van der Waals surface area (Å²) in [7, 11) is 0. The van der Waals surface area contributed by atoms with E-state index in [9.17, 15) is 14.9 Å². The van der Waals surface area contributed by atoms with E-state index >= 15 is 0 Å². The van der Waals surface area contributed by atoms with E-state index in [-0.39, 0.29) is 11.5 Å². The maximum absolute atomic E-state index is 11.5. The van der Waals surface area contributed by atoms with E-state index in [4.69, 9.17) is 4.74 Å². The largest absolute Gasteiger partial charge is 0.444 e. The topological polar surface area (TPSA) is 72.7 Å². The molecule has 1 aliphatic rings. The minimum Gasteiger partial charge on any atom is -0.444 e. The third-order valence-electron chi connectivity index (χ3n) is 2.31. The Labute approximate surface area is 94.7 Å². The number of rotatable bonds is 2. The molecule has 1 aliphatic heterocycles. The van der Waals surface area contributed by atoms with Crippen LogP contribution in [0.4, 0.5) is 4.79 Å². The van der Waals surface area contributed by atoms with Gasteiger partial charge in [-0.1, -0.05) is 0 Å². The lowest BCUT2D eigenvalue weighted by Gasteiger charge is -2.45. The zero-order valence-corrected chi connectivity index (χ0v) is 10.1. The molecule has 0 radical (unpaired) electrons. The summed E-state index contributed by atoms with van der Waals surface area (Å²) in [5.74, 6) is 0. The average molecular weight is 230 g/mol. The van der Waals surface area contributed by atoms with Crippen LogP contribution in [0.3, 0.4) is 0 Å². The molecule has 0 saturated carbocycles. The van der Waals surface area contributed by atoms with Crippen LogP contribution >= 0.6 is 0 Å². The first-order valence-corrected chi connectivity index (χ1v) is 5.21. The molecule has 0 N–H and O–H groups in total. The number of hydrogen-bond acceptors (Lipinski definition) is 4. The molecule has 0 aromatic rings. The molecule has 1 fully saturated rings.